The lowest BCUT2D eigenvalue weighted by molar-refractivity contribution is -0.113. The third-order valence-corrected chi connectivity index (χ3v) is 4.84. The fourth-order valence-electron chi connectivity index (χ4n) is 2.44. The summed E-state index contributed by atoms with van der Waals surface area (Å²) in [6, 6.07) is 11.3. The number of carbonyl (C=O) groups excluding carboxylic acids is 1. The Hall–Kier alpha value is -2.94. The normalized spacial score (nSPS) is 11.9. The minimum Gasteiger partial charge on any atom is -0.483 e. The summed E-state index contributed by atoms with van der Waals surface area (Å²) < 4.78 is 33.4. The average Bonchev–Trinajstić information content (AvgIpc) is 3.04. The molecule has 3 rings (SSSR count). The van der Waals surface area contributed by atoms with E-state index < -0.39 is 6.10 Å². The van der Waals surface area contributed by atoms with Crippen molar-refractivity contribution in [3.05, 3.63) is 66.0 Å². The molecule has 2 aromatic carbocycles. The highest BCUT2D eigenvalue weighted by Crippen LogP contribution is 2.24. The van der Waals surface area contributed by atoms with Gasteiger partial charge in [-0.05, 0) is 55.5 Å². The van der Waals surface area contributed by atoms with Crippen molar-refractivity contribution in [1.82, 2.24) is 14.8 Å². The predicted octanol–water partition coefficient (Wildman–Crippen LogP) is 3.96. The molecule has 1 N–H and O–H groups in total. The molecule has 1 amide bonds. The van der Waals surface area contributed by atoms with Crippen LogP contribution in [0.15, 0.2) is 53.7 Å². The summed E-state index contributed by atoms with van der Waals surface area (Å²) in [4.78, 5) is 12.1. The van der Waals surface area contributed by atoms with Gasteiger partial charge in [0.1, 0.15) is 17.4 Å². The van der Waals surface area contributed by atoms with Crippen molar-refractivity contribution >= 4 is 23.4 Å². The average molecular weight is 404 g/mol. The molecule has 0 fully saturated rings. The number of carbonyl (C=O) groups is 1. The number of amides is 1. The van der Waals surface area contributed by atoms with Crippen molar-refractivity contribution in [2.75, 3.05) is 11.1 Å². The van der Waals surface area contributed by atoms with Crippen molar-refractivity contribution in [2.24, 2.45) is 7.05 Å². The third kappa shape index (κ3) is 5.07. The van der Waals surface area contributed by atoms with Gasteiger partial charge in [-0.1, -0.05) is 11.8 Å². The highest BCUT2D eigenvalue weighted by molar-refractivity contribution is 7.99. The summed E-state index contributed by atoms with van der Waals surface area (Å²) >= 11 is 1.22. The van der Waals surface area contributed by atoms with E-state index in [0.29, 0.717) is 22.4 Å². The van der Waals surface area contributed by atoms with Gasteiger partial charge < -0.3 is 14.6 Å². The number of hydrogen-bond donors (Lipinski definition) is 1. The minimum atomic E-state index is -0.412. The zero-order valence-corrected chi connectivity index (χ0v) is 16.0. The Balaban J connectivity index is 1.57. The van der Waals surface area contributed by atoms with Crippen LogP contribution in [0.2, 0.25) is 0 Å². The number of ether oxygens (including phenoxy) is 1. The largest absolute Gasteiger partial charge is 0.483 e. The Labute approximate surface area is 164 Å². The molecular formula is C19H18F2N4O2S. The summed E-state index contributed by atoms with van der Waals surface area (Å²) in [5.74, 6) is 0.274. The fourth-order valence-corrected chi connectivity index (χ4v) is 3.15. The SMILES string of the molecule is CC(Oc1ccc(F)cc1)c1nnc(SCC(=O)Nc2ccc(F)cc2)n1C. The van der Waals surface area contributed by atoms with E-state index in [1.807, 2.05) is 6.92 Å². The molecule has 6 nitrogen and oxygen atoms in total. The first kappa shape index (κ1) is 19.8. The van der Waals surface area contributed by atoms with Gasteiger partial charge in [-0.25, -0.2) is 8.78 Å². The van der Waals surface area contributed by atoms with Crippen molar-refractivity contribution in [3.63, 3.8) is 0 Å². The summed E-state index contributed by atoms with van der Waals surface area (Å²) in [5.41, 5.74) is 0.520. The molecule has 0 saturated heterocycles. The van der Waals surface area contributed by atoms with E-state index in [1.165, 1.54) is 60.3 Å². The Bertz CT molecular complexity index is 946. The molecule has 0 aliphatic rings. The number of aromatic nitrogens is 3. The van der Waals surface area contributed by atoms with Gasteiger partial charge in [0.2, 0.25) is 5.91 Å². The first-order valence-electron chi connectivity index (χ1n) is 8.42. The van der Waals surface area contributed by atoms with E-state index in [9.17, 15) is 13.6 Å². The van der Waals surface area contributed by atoms with E-state index >= 15 is 0 Å². The van der Waals surface area contributed by atoms with E-state index in [1.54, 1.807) is 11.6 Å². The van der Waals surface area contributed by atoms with Crippen LogP contribution in [-0.4, -0.2) is 26.4 Å². The van der Waals surface area contributed by atoms with Gasteiger partial charge in [0.05, 0.1) is 5.75 Å². The van der Waals surface area contributed by atoms with Crippen molar-refractivity contribution < 1.29 is 18.3 Å². The number of halogens is 2. The van der Waals surface area contributed by atoms with Gasteiger partial charge in [0.25, 0.3) is 0 Å². The Morgan fingerprint density at radius 3 is 2.36 bits per heavy atom. The van der Waals surface area contributed by atoms with Gasteiger partial charge in [0, 0.05) is 12.7 Å². The number of nitrogens with one attached hydrogen (secondary N) is 1. The van der Waals surface area contributed by atoms with Crippen LogP contribution in [0.3, 0.4) is 0 Å². The molecule has 0 aliphatic heterocycles. The monoisotopic (exact) mass is 404 g/mol. The van der Waals surface area contributed by atoms with E-state index in [4.69, 9.17) is 4.74 Å². The quantitative estimate of drug-likeness (QED) is 0.604. The summed E-state index contributed by atoms with van der Waals surface area (Å²) in [6.07, 6.45) is -0.412. The second-order valence-electron chi connectivity index (χ2n) is 5.96. The maximum Gasteiger partial charge on any atom is 0.234 e. The smallest absolute Gasteiger partial charge is 0.234 e. The van der Waals surface area contributed by atoms with Crippen LogP contribution < -0.4 is 10.1 Å². The molecule has 3 aromatic rings. The molecule has 1 aromatic heterocycles. The first-order valence-corrected chi connectivity index (χ1v) is 9.40. The number of thioether (sulfide) groups is 1. The molecule has 0 saturated carbocycles. The lowest BCUT2D eigenvalue weighted by Crippen LogP contribution is -2.14. The molecule has 1 heterocycles. The fraction of sp³-hybridized carbons (Fsp3) is 0.211. The second kappa shape index (κ2) is 8.83. The van der Waals surface area contributed by atoms with Crippen LogP contribution in [0.1, 0.15) is 18.9 Å². The highest BCUT2D eigenvalue weighted by Gasteiger charge is 2.18. The molecule has 146 valence electrons. The zero-order chi connectivity index (χ0) is 20.1. The van der Waals surface area contributed by atoms with Gasteiger partial charge >= 0.3 is 0 Å². The summed E-state index contributed by atoms with van der Waals surface area (Å²) in [5, 5.41) is 11.5. The molecule has 0 radical (unpaired) electrons. The standard InChI is InChI=1S/C19H18F2N4O2S/c1-12(27-16-9-5-14(21)6-10-16)18-23-24-19(25(18)2)28-11-17(26)22-15-7-3-13(20)4-8-15/h3-10,12H,11H2,1-2H3,(H,22,26). The molecule has 28 heavy (non-hydrogen) atoms. The summed E-state index contributed by atoms with van der Waals surface area (Å²) in [7, 11) is 1.78. The van der Waals surface area contributed by atoms with Crippen molar-refractivity contribution in [1.29, 1.82) is 0 Å². The maximum atomic E-state index is 13.0. The van der Waals surface area contributed by atoms with Gasteiger partial charge in [0.15, 0.2) is 17.1 Å². The molecular weight excluding hydrogens is 386 g/mol. The highest BCUT2D eigenvalue weighted by atomic mass is 32.2. The number of benzene rings is 2. The molecule has 1 unspecified atom stereocenters. The number of anilines is 1. The number of nitrogens with zero attached hydrogens (tertiary/aromatic N) is 3. The lowest BCUT2D eigenvalue weighted by atomic mass is 10.3. The van der Waals surface area contributed by atoms with E-state index in [0.717, 1.165) is 0 Å². The number of hydrogen-bond acceptors (Lipinski definition) is 5. The molecule has 0 bridgehead atoms. The molecule has 1 atom stereocenters. The maximum absolute atomic E-state index is 13.0. The second-order valence-corrected chi connectivity index (χ2v) is 6.90. The first-order chi connectivity index (χ1) is 13.4. The molecule has 9 heteroatoms. The lowest BCUT2D eigenvalue weighted by Gasteiger charge is -2.14. The Morgan fingerprint density at radius 2 is 1.71 bits per heavy atom. The van der Waals surface area contributed by atoms with E-state index in [-0.39, 0.29) is 23.3 Å². The van der Waals surface area contributed by atoms with Gasteiger partial charge in [-0.15, -0.1) is 10.2 Å². The predicted molar refractivity (Wildman–Crippen MR) is 102 cm³/mol. The molecule has 0 aliphatic carbocycles. The number of rotatable bonds is 7. The Morgan fingerprint density at radius 1 is 1.11 bits per heavy atom. The third-order valence-electron chi connectivity index (χ3n) is 3.82. The van der Waals surface area contributed by atoms with Crippen LogP contribution in [-0.2, 0) is 11.8 Å². The summed E-state index contributed by atoms with van der Waals surface area (Å²) in [6.45, 7) is 1.81. The topological polar surface area (TPSA) is 69.0 Å². The minimum absolute atomic E-state index is 0.122. The van der Waals surface area contributed by atoms with Gasteiger partial charge in [-0.2, -0.15) is 0 Å². The van der Waals surface area contributed by atoms with Crippen LogP contribution >= 0.6 is 11.8 Å². The van der Waals surface area contributed by atoms with Crippen LogP contribution in [0.5, 0.6) is 5.75 Å². The van der Waals surface area contributed by atoms with Crippen molar-refractivity contribution in [2.45, 2.75) is 18.2 Å². The molecule has 0 spiro atoms. The van der Waals surface area contributed by atoms with Crippen LogP contribution in [0, 0.1) is 11.6 Å². The Kier molecular flexibility index (Phi) is 6.25. The van der Waals surface area contributed by atoms with E-state index in [2.05, 4.69) is 15.5 Å². The zero-order valence-electron chi connectivity index (χ0n) is 15.2. The van der Waals surface area contributed by atoms with Crippen LogP contribution in [0.4, 0.5) is 14.5 Å². The van der Waals surface area contributed by atoms with Crippen LogP contribution in [0.25, 0.3) is 0 Å². The van der Waals surface area contributed by atoms with Crippen molar-refractivity contribution in [3.8, 4) is 5.75 Å². The van der Waals surface area contributed by atoms with Gasteiger partial charge in [-0.3, -0.25) is 4.79 Å².